The zero-order chi connectivity index (χ0) is 25.9. The number of nitrogens with zero attached hydrogens (tertiary/aromatic N) is 5. The molecule has 0 radical (unpaired) electrons. The minimum atomic E-state index is -0.297. The predicted octanol–water partition coefficient (Wildman–Crippen LogP) is 5.38. The van der Waals surface area contributed by atoms with Crippen molar-refractivity contribution >= 4 is 5.82 Å². The van der Waals surface area contributed by atoms with Gasteiger partial charge in [0.2, 0.25) is 0 Å². The normalized spacial score (nSPS) is 22.4. The van der Waals surface area contributed by atoms with Gasteiger partial charge in [0.05, 0.1) is 11.9 Å². The maximum atomic E-state index is 14.4. The maximum Gasteiger partial charge on any atom is 0.188 e. The number of ether oxygens (including phenoxy) is 1. The largest absolute Gasteiger partial charge is 0.451 e. The third-order valence-electron chi connectivity index (χ3n) is 8.33. The molecule has 7 nitrogen and oxygen atoms in total. The fourth-order valence-corrected chi connectivity index (χ4v) is 5.89. The van der Waals surface area contributed by atoms with Crippen molar-refractivity contribution in [1.82, 2.24) is 19.9 Å². The molecule has 2 saturated carbocycles. The second-order valence-electron chi connectivity index (χ2n) is 11.1. The number of rotatable bonds is 8. The highest BCUT2D eigenvalue weighted by Crippen LogP contribution is 2.46. The summed E-state index contributed by atoms with van der Waals surface area (Å²) in [4.78, 5) is 18.3. The molecular weight excluding hydrogens is 479 g/mol. The lowest BCUT2D eigenvalue weighted by molar-refractivity contribution is 0.216. The molecule has 3 fully saturated rings. The first kappa shape index (κ1) is 25.2. The van der Waals surface area contributed by atoms with Crippen LogP contribution in [0.25, 0.3) is 11.1 Å². The van der Waals surface area contributed by atoms with E-state index in [1.807, 2.05) is 18.3 Å². The summed E-state index contributed by atoms with van der Waals surface area (Å²) in [6.07, 6.45) is 13.5. The Labute approximate surface area is 224 Å². The lowest BCUT2D eigenvalue weighted by atomic mass is 9.84. The molecule has 38 heavy (non-hydrogen) atoms. The van der Waals surface area contributed by atoms with Gasteiger partial charge in [-0.05, 0) is 81.7 Å². The monoisotopic (exact) mass is 516 g/mol. The Morgan fingerprint density at radius 3 is 2.53 bits per heavy atom. The number of piperazine rings is 1. The molecule has 3 aromatic rings. The smallest absolute Gasteiger partial charge is 0.188 e. The minimum Gasteiger partial charge on any atom is -0.451 e. The van der Waals surface area contributed by atoms with Gasteiger partial charge in [0.1, 0.15) is 17.9 Å². The molecule has 6 rings (SSSR count). The van der Waals surface area contributed by atoms with Gasteiger partial charge < -0.3 is 15.4 Å². The summed E-state index contributed by atoms with van der Waals surface area (Å²) in [7, 11) is 0. The van der Waals surface area contributed by atoms with Crippen LogP contribution < -0.4 is 15.4 Å². The van der Waals surface area contributed by atoms with E-state index in [-0.39, 0.29) is 5.82 Å². The van der Waals surface area contributed by atoms with E-state index in [2.05, 4.69) is 24.8 Å². The van der Waals surface area contributed by atoms with Crippen LogP contribution in [0.3, 0.4) is 0 Å². The van der Waals surface area contributed by atoms with Crippen LogP contribution in [0.5, 0.6) is 11.5 Å². The van der Waals surface area contributed by atoms with Gasteiger partial charge in [0.25, 0.3) is 0 Å². The number of nitrogens with two attached hydrogens (primary N) is 1. The van der Waals surface area contributed by atoms with Crippen LogP contribution >= 0.6 is 0 Å². The van der Waals surface area contributed by atoms with E-state index < -0.39 is 0 Å². The van der Waals surface area contributed by atoms with E-state index in [0.29, 0.717) is 29.0 Å². The topological polar surface area (TPSA) is 80.4 Å². The van der Waals surface area contributed by atoms with Gasteiger partial charge in [-0.2, -0.15) is 0 Å². The number of hydrogen-bond acceptors (Lipinski definition) is 7. The molecule has 0 bridgehead atoms. The van der Waals surface area contributed by atoms with Crippen molar-refractivity contribution in [3.63, 3.8) is 0 Å². The van der Waals surface area contributed by atoms with Crippen molar-refractivity contribution in [3.05, 3.63) is 60.6 Å². The Kier molecular flexibility index (Phi) is 7.51. The van der Waals surface area contributed by atoms with E-state index >= 15 is 0 Å². The van der Waals surface area contributed by atoms with Crippen molar-refractivity contribution < 1.29 is 9.13 Å². The Morgan fingerprint density at radius 2 is 1.74 bits per heavy atom. The Morgan fingerprint density at radius 1 is 0.921 bits per heavy atom. The number of halogens is 1. The summed E-state index contributed by atoms with van der Waals surface area (Å²) >= 11 is 0. The summed E-state index contributed by atoms with van der Waals surface area (Å²) in [5.74, 6) is 2.91. The first-order valence-corrected chi connectivity index (χ1v) is 14.1. The van der Waals surface area contributed by atoms with E-state index in [0.717, 1.165) is 68.6 Å². The van der Waals surface area contributed by atoms with Gasteiger partial charge >= 0.3 is 0 Å². The molecule has 1 aliphatic heterocycles. The minimum absolute atomic E-state index is 0.297. The average Bonchev–Trinajstić information content (AvgIpc) is 3.80. The van der Waals surface area contributed by atoms with Crippen LogP contribution in [0.1, 0.15) is 56.6 Å². The first-order chi connectivity index (χ1) is 18.6. The molecule has 3 heterocycles. The SMILES string of the molecule is NC1CCC(CCN2CCN(c3ncncc3Oc3ccc(F)cc3-c3cccnc3C3CC3)CC2)CC1. The molecule has 0 amide bonds. The third kappa shape index (κ3) is 5.81. The van der Waals surface area contributed by atoms with Crippen LogP contribution in [0.4, 0.5) is 10.2 Å². The van der Waals surface area contributed by atoms with Crippen LogP contribution in [0.2, 0.25) is 0 Å². The molecule has 0 atom stereocenters. The van der Waals surface area contributed by atoms with Crippen LogP contribution in [-0.4, -0.2) is 58.6 Å². The highest BCUT2D eigenvalue weighted by Gasteiger charge is 2.29. The Balaban J connectivity index is 1.15. The van der Waals surface area contributed by atoms with Crippen molar-refractivity contribution in [2.75, 3.05) is 37.6 Å². The summed E-state index contributed by atoms with van der Waals surface area (Å²) in [6.45, 7) is 4.91. The molecule has 8 heteroatoms. The van der Waals surface area contributed by atoms with E-state index in [1.165, 1.54) is 38.2 Å². The van der Waals surface area contributed by atoms with E-state index in [4.69, 9.17) is 10.5 Å². The van der Waals surface area contributed by atoms with Gasteiger partial charge in [-0.3, -0.25) is 9.88 Å². The summed E-state index contributed by atoms with van der Waals surface area (Å²) in [6, 6.07) is 8.99. The lowest BCUT2D eigenvalue weighted by Gasteiger charge is -2.36. The number of hydrogen-bond donors (Lipinski definition) is 1. The molecule has 0 unspecified atom stereocenters. The van der Waals surface area contributed by atoms with Crippen molar-refractivity contribution in [2.24, 2.45) is 11.7 Å². The van der Waals surface area contributed by atoms with Crippen molar-refractivity contribution in [1.29, 1.82) is 0 Å². The summed E-state index contributed by atoms with van der Waals surface area (Å²) in [5, 5.41) is 0. The molecule has 200 valence electrons. The number of pyridine rings is 1. The van der Waals surface area contributed by atoms with E-state index in [1.54, 1.807) is 24.7 Å². The number of anilines is 1. The average molecular weight is 517 g/mol. The zero-order valence-corrected chi connectivity index (χ0v) is 21.9. The lowest BCUT2D eigenvalue weighted by Crippen LogP contribution is -2.47. The zero-order valence-electron chi connectivity index (χ0n) is 21.9. The second kappa shape index (κ2) is 11.3. The highest BCUT2D eigenvalue weighted by molar-refractivity contribution is 5.74. The second-order valence-corrected chi connectivity index (χ2v) is 11.1. The van der Waals surface area contributed by atoms with Crippen molar-refractivity contribution in [3.8, 4) is 22.6 Å². The predicted molar refractivity (Wildman–Crippen MR) is 147 cm³/mol. The fourth-order valence-electron chi connectivity index (χ4n) is 5.89. The highest BCUT2D eigenvalue weighted by atomic mass is 19.1. The standard InChI is InChI=1S/C30H37FN6O/c31-23-7-10-27(26(18-23)25-2-1-12-34-29(25)22-5-6-22)38-28-19-33-20-35-30(28)37-16-14-36(15-17-37)13-11-21-3-8-24(32)9-4-21/h1-2,7,10,12,18-22,24H,3-6,8-9,11,13-17,32H2. The number of aromatic nitrogens is 3. The van der Waals surface area contributed by atoms with Crippen LogP contribution in [0.15, 0.2) is 49.1 Å². The Hall–Kier alpha value is -3.10. The van der Waals surface area contributed by atoms with Gasteiger partial charge in [-0.15, -0.1) is 0 Å². The molecule has 0 spiro atoms. The first-order valence-electron chi connectivity index (χ1n) is 14.1. The summed E-state index contributed by atoms with van der Waals surface area (Å²) < 4.78 is 20.8. The molecule has 1 aromatic carbocycles. The molecule has 2 aromatic heterocycles. The van der Waals surface area contributed by atoms with Gasteiger partial charge in [-0.1, -0.05) is 6.07 Å². The third-order valence-corrected chi connectivity index (χ3v) is 8.33. The molecular formula is C30H37FN6O. The van der Waals surface area contributed by atoms with Crippen LogP contribution in [0, 0.1) is 11.7 Å². The van der Waals surface area contributed by atoms with Gasteiger partial charge in [-0.25, -0.2) is 14.4 Å². The number of benzene rings is 1. The molecule has 1 saturated heterocycles. The van der Waals surface area contributed by atoms with E-state index in [9.17, 15) is 4.39 Å². The molecule has 2 aliphatic carbocycles. The molecule has 2 N–H and O–H groups in total. The quantitative estimate of drug-likeness (QED) is 0.431. The summed E-state index contributed by atoms with van der Waals surface area (Å²) in [5.41, 5.74) is 8.73. The van der Waals surface area contributed by atoms with Crippen molar-refractivity contribution in [2.45, 2.75) is 56.9 Å². The van der Waals surface area contributed by atoms with Gasteiger partial charge in [0.15, 0.2) is 11.6 Å². The van der Waals surface area contributed by atoms with Gasteiger partial charge in [0, 0.05) is 55.5 Å². The van der Waals surface area contributed by atoms with Crippen LogP contribution in [-0.2, 0) is 0 Å². The Bertz CT molecular complexity index is 1230. The molecule has 3 aliphatic rings. The fraction of sp³-hybridized carbons (Fsp3) is 0.500. The maximum absolute atomic E-state index is 14.4.